The van der Waals surface area contributed by atoms with E-state index < -0.39 is 54.8 Å². The molecule has 0 radical (unpaired) electrons. The van der Waals surface area contributed by atoms with E-state index in [2.05, 4.69) is 4.74 Å². The van der Waals surface area contributed by atoms with Gasteiger partial charge in [-0.25, -0.2) is 0 Å². The van der Waals surface area contributed by atoms with Crippen molar-refractivity contribution in [1.82, 2.24) is 4.57 Å². The molecule has 0 atom stereocenters. The number of carbonyl (C=O) groups excluding carboxylic acids is 1. The Morgan fingerprint density at radius 3 is 1.57 bits per heavy atom. The number of ether oxygens (including phenoxy) is 1. The smallest absolute Gasteiger partial charge is 0.460 e. The normalized spacial score (nSPS) is 14.7. The fourth-order valence-corrected chi connectivity index (χ4v) is 1.93. The van der Waals surface area contributed by atoms with E-state index in [4.69, 9.17) is 0 Å². The van der Waals surface area contributed by atoms with Crippen LogP contribution in [0.3, 0.4) is 0 Å². The number of carbonyl (C=O) groups is 1. The molecule has 1 aromatic rings. The number of rotatable bonds is 9. The van der Waals surface area contributed by atoms with Crippen LogP contribution >= 0.6 is 0 Å². The number of nitrogens with zero attached hydrogens (tertiary/aromatic N) is 1. The lowest BCUT2D eigenvalue weighted by Gasteiger charge is -2.39. The summed E-state index contributed by atoms with van der Waals surface area (Å²) in [5.74, 6) is -40.0. The summed E-state index contributed by atoms with van der Waals surface area (Å²) >= 11 is 0. The molecule has 30 heavy (non-hydrogen) atoms. The van der Waals surface area contributed by atoms with Gasteiger partial charge in [-0.2, -0.15) is 57.1 Å². The van der Waals surface area contributed by atoms with Crippen LogP contribution in [0.4, 0.5) is 57.1 Å². The number of halogens is 13. The number of aromatic nitrogens is 1. The molecule has 0 spiro atoms. The van der Waals surface area contributed by atoms with Crippen LogP contribution in [0.5, 0.6) is 0 Å². The summed E-state index contributed by atoms with van der Waals surface area (Å²) in [7, 11) is 0. The Kier molecular flexibility index (Phi) is 6.75. The molecule has 1 heterocycles. The first kappa shape index (κ1) is 25.9. The minimum atomic E-state index is -8.00. The third-order valence-electron chi connectivity index (χ3n) is 3.64. The van der Waals surface area contributed by atoms with E-state index in [0.29, 0.717) is 0 Å². The van der Waals surface area contributed by atoms with E-state index >= 15 is 0 Å². The molecule has 0 aliphatic heterocycles. The topological polar surface area (TPSA) is 31.2 Å². The predicted molar refractivity (Wildman–Crippen MR) is 70.8 cm³/mol. The first-order valence-electron chi connectivity index (χ1n) is 7.44. The van der Waals surface area contributed by atoms with E-state index in [0.717, 1.165) is 0 Å². The van der Waals surface area contributed by atoms with E-state index in [1.54, 1.807) is 0 Å². The van der Waals surface area contributed by atoms with Gasteiger partial charge in [0.2, 0.25) is 0 Å². The lowest BCUT2D eigenvalue weighted by Crippen LogP contribution is -2.70. The molecule has 0 aliphatic rings. The largest absolute Gasteiger partial charge is 0.464 e. The highest BCUT2D eigenvalue weighted by Gasteiger charge is 2.90. The standard InChI is InChI=1S/C14H10F13NO2/c15-9(16,7-8(29)30-6-5-28-3-1-2-4-28)10(17,18)11(19,20)12(21,22)13(23,24)14(25,26)27/h1-4H,5-7H2. The van der Waals surface area contributed by atoms with Crippen LogP contribution in [-0.4, -0.2) is 52.9 Å². The highest BCUT2D eigenvalue weighted by atomic mass is 19.4. The molecular weight excluding hydrogens is 461 g/mol. The molecule has 0 aliphatic carbocycles. The molecule has 3 nitrogen and oxygen atoms in total. The third-order valence-corrected chi connectivity index (χ3v) is 3.64. The van der Waals surface area contributed by atoms with Gasteiger partial charge in [-0.3, -0.25) is 4.79 Å². The lowest BCUT2D eigenvalue weighted by molar-refractivity contribution is -0.439. The summed E-state index contributed by atoms with van der Waals surface area (Å²) in [6.07, 6.45) is -7.74. The van der Waals surface area contributed by atoms with Crippen LogP contribution in [0.25, 0.3) is 0 Å². The summed E-state index contributed by atoms with van der Waals surface area (Å²) in [5, 5.41) is 0. The highest BCUT2D eigenvalue weighted by Crippen LogP contribution is 2.60. The van der Waals surface area contributed by atoms with Gasteiger partial charge < -0.3 is 9.30 Å². The van der Waals surface area contributed by atoms with Crippen molar-refractivity contribution in [2.45, 2.75) is 48.8 Å². The van der Waals surface area contributed by atoms with Crippen LogP contribution in [0.15, 0.2) is 24.5 Å². The SMILES string of the molecule is O=C(CC(F)(F)C(F)(F)C(F)(F)C(F)(F)C(F)(F)C(F)(F)F)OCCn1cccc1. The average molecular weight is 471 g/mol. The molecule has 0 fully saturated rings. The molecule has 174 valence electrons. The van der Waals surface area contributed by atoms with Gasteiger partial charge >= 0.3 is 41.8 Å². The summed E-state index contributed by atoms with van der Waals surface area (Å²) < 4.78 is 173. The molecule has 0 amide bonds. The monoisotopic (exact) mass is 471 g/mol. The first-order chi connectivity index (χ1) is 13.2. The van der Waals surface area contributed by atoms with Crippen LogP contribution in [0, 0.1) is 0 Å². The zero-order valence-electron chi connectivity index (χ0n) is 14.1. The zero-order chi connectivity index (χ0) is 23.8. The second-order valence-corrected chi connectivity index (χ2v) is 5.82. The van der Waals surface area contributed by atoms with Crippen molar-refractivity contribution < 1.29 is 66.6 Å². The fraction of sp³-hybridized carbons (Fsp3) is 0.643. The third kappa shape index (κ3) is 4.31. The molecule has 0 aromatic carbocycles. The Morgan fingerprint density at radius 2 is 1.13 bits per heavy atom. The van der Waals surface area contributed by atoms with Gasteiger partial charge in [0.25, 0.3) is 0 Å². The molecule has 0 saturated heterocycles. The molecule has 1 rings (SSSR count). The van der Waals surface area contributed by atoms with Crippen LogP contribution in [-0.2, 0) is 16.1 Å². The molecule has 0 unspecified atom stereocenters. The van der Waals surface area contributed by atoms with Gasteiger partial charge in [0.15, 0.2) is 0 Å². The zero-order valence-corrected chi connectivity index (χ0v) is 14.1. The maximum absolute atomic E-state index is 13.5. The number of hydrogen-bond acceptors (Lipinski definition) is 2. The Morgan fingerprint density at radius 1 is 0.700 bits per heavy atom. The Bertz CT molecular complexity index is 725. The summed E-state index contributed by atoms with van der Waals surface area (Å²) in [6.45, 7) is -0.999. The van der Waals surface area contributed by atoms with Gasteiger partial charge in [-0.05, 0) is 12.1 Å². The maximum Gasteiger partial charge on any atom is 0.460 e. The maximum atomic E-state index is 13.5. The minimum Gasteiger partial charge on any atom is -0.464 e. The van der Waals surface area contributed by atoms with Gasteiger partial charge in [0.05, 0.1) is 6.54 Å². The number of esters is 1. The van der Waals surface area contributed by atoms with Crippen molar-refractivity contribution in [3.8, 4) is 0 Å². The van der Waals surface area contributed by atoms with Crippen LogP contribution < -0.4 is 0 Å². The van der Waals surface area contributed by atoms with Crippen LogP contribution in [0.1, 0.15) is 6.42 Å². The second-order valence-electron chi connectivity index (χ2n) is 5.82. The first-order valence-corrected chi connectivity index (χ1v) is 7.44. The molecule has 0 bridgehead atoms. The summed E-state index contributed by atoms with van der Waals surface area (Å²) in [5.41, 5.74) is 0. The molecule has 0 N–H and O–H groups in total. The van der Waals surface area contributed by atoms with Crippen molar-refractivity contribution in [1.29, 1.82) is 0 Å². The number of hydrogen-bond donors (Lipinski definition) is 0. The Labute approximate surface area is 158 Å². The van der Waals surface area contributed by atoms with Crippen molar-refractivity contribution in [3.63, 3.8) is 0 Å². The molecule has 0 saturated carbocycles. The summed E-state index contributed by atoms with van der Waals surface area (Å²) in [4.78, 5) is 11.2. The van der Waals surface area contributed by atoms with Gasteiger partial charge in [0, 0.05) is 12.4 Å². The van der Waals surface area contributed by atoms with Crippen LogP contribution in [0.2, 0.25) is 0 Å². The quantitative estimate of drug-likeness (QED) is 0.368. The van der Waals surface area contributed by atoms with Crippen molar-refractivity contribution in [3.05, 3.63) is 24.5 Å². The van der Waals surface area contributed by atoms with Gasteiger partial charge in [0.1, 0.15) is 13.0 Å². The Balaban J connectivity index is 3.03. The lowest BCUT2D eigenvalue weighted by atomic mass is 9.92. The highest BCUT2D eigenvalue weighted by molar-refractivity contribution is 5.70. The average Bonchev–Trinajstić information content (AvgIpc) is 3.05. The second kappa shape index (κ2) is 7.83. The Hall–Kier alpha value is -2.16. The van der Waals surface area contributed by atoms with Gasteiger partial charge in [-0.15, -0.1) is 0 Å². The van der Waals surface area contributed by atoms with Crippen molar-refractivity contribution >= 4 is 5.97 Å². The van der Waals surface area contributed by atoms with Crippen molar-refractivity contribution in [2.24, 2.45) is 0 Å². The van der Waals surface area contributed by atoms with E-state index in [-0.39, 0.29) is 6.54 Å². The minimum absolute atomic E-state index is 0.229. The van der Waals surface area contributed by atoms with Crippen molar-refractivity contribution in [2.75, 3.05) is 6.61 Å². The summed E-state index contributed by atoms with van der Waals surface area (Å²) in [6, 6.07) is 2.94. The van der Waals surface area contributed by atoms with Gasteiger partial charge in [-0.1, -0.05) is 0 Å². The molecule has 16 heteroatoms. The van der Waals surface area contributed by atoms with E-state index in [9.17, 15) is 61.9 Å². The predicted octanol–water partition coefficient (Wildman–Crippen LogP) is 5.16. The number of alkyl halides is 13. The molecule has 1 aromatic heterocycles. The fourth-order valence-electron chi connectivity index (χ4n) is 1.93. The molecular formula is C14H10F13NO2. The van der Waals surface area contributed by atoms with E-state index in [1.165, 1.54) is 29.1 Å². The van der Waals surface area contributed by atoms with E-state index in [1.807, 2.05) is 0 Å².